The van der Waals surface area contributed by atoms with E-state index in [4.69, 9.17) is 0 Å². The lowest BCUT2D eigenvalue weighted by Crippen LogP contribution is -2.20. The number of carbonyl (C=O) groups is 3. The highest BCUT2D eigenvalue weighted by molar-refractivity contribution is 6.36. The van der Waals surface area contributed by atoms with Crippen LogP contribution in [0.15, 0.2) is 0 Å². The fourth-order valence-corrected chi connectivity index (χ4v) is 0.139. The number of carbonyl (C=O) groups excluding carboxylic acids is 3. The van der Waals surface area contributed by atoms with Crippen LogP contribution in [0.25, 0.3) is 0 Å². The monoisotopic (exact) mass is 114 g/mol. The van der Waals surface area contributed by atoms with Gasteiger partial charge in [0.1, 0.15) is 0 Å². The van der Waals surface area contributed by atoms with Crippen LogP contribution in [-0.2, 0) is 14.4 Å². The largest absolute Gasteiger partial charge is 0.315 e. The summed E-state index contributed by atoms with van der Waals surface area (Å²) in [7, 11) is 0. The van der Waals surface area contributed by atoms with E-state index < -0.39 is 11.7 Å². The van der Waals surface area contributed by atoms with Crippen molar-refractivity contribution in [2.24, 2.45) is 0 Å². The number of Topliss-reactive ketones (excluding diaryl/α,β-unsaturated/α-hetero) is 1. The van der Waals surface area contributed by atoms with Gasteiger partial charge in [0.05, 0.1) is 0 Å². The van der Waals surface area contributed by atoms with Gasteiger partial charge in [0.15, 0.2) is 0 Å². The molecule has 0 aromatic heterocycles. The second-order valence-corrected chi connectivity index (χ2v) is 1.10. The lowest BCUT2D eigenvalue weighted by Gasteiger charge is -1.81. The maximum atomic E-state index is 10.00. The molecule has 0 aromatic carbocycles. The summed E-state index contributed by atoms with van der Waals surface area (Å²) in [4.78, 5) is 29.3. The molecule has 4 heteroatoms. The average molecular weight is 114 g/mol. The standard InChI is InChI=1S/C4H4NO3/c1-3(7)4(8)5-2-6/h2H,1H3. The Morgan fingerprint density at radius 2 is 2.00 bits per heavy atom. The number of amides is 2. The number of nitrogens with zero attached hydrogens (tertiary/aromatic N) is 1. The van der Waals surface area contributed by atoms with Crippen LogP contribution in [0.1, 0.15) is 6.92 Å². The molecular formula is C4H4NO3. The summed E-state index contributed by atoms with van der Waals surface area (Å²) in [6.45, 7) is 1.05. The van der Waals surface area contributed by atoms with Gasteiger partial charge in [-0.2, -0.15) is 5.32 Å². The molecule has 43 valence electrons. The molecule has 0 aliphatic heterocycles. The van der Waals surface area contributed by atoms with Gasteiger partial charge >= 0.3 is 5.91 Å². The van der Waals surface area contributed by atoms with Crippen molar-refractivity contribution >= 4 is 18.1 Å². The van der Waals surface area contributed by atoms with E-state index in [1.54, 1.807) is 0 Å². The van der Waals surface area contributed by atoms with Gasteiger partial charge in [0.2, 0.25) is 12.2 Å². The average Bonchev–Trinajstić information content (AvgIpc) is 1.67. The molecule has 0 aromatic rings. The van der Waals surface area contributed by atoms with Gasteiger partial charge in [0, 0.05) is 6.92 Å². The number of imide groups is 1. The molecule has 0 saturated heterocycles. The van der Waals surface area contributed by atoms with Gasteiger partial charge in [-0.15, -0.1) is 0 Å². The second kappa shape index (κ2) is 2.90. The molecule has 1 radical (unpaired) electrons. The Labute approximate surface area is 45.9 Å². The predicted octanol–water partition coefficient (Wildman–Crippen LogP) is -1.14. The molecule has 2 amide bonds. The third-order valence-corrected chi connectivity index (χ3v) is 0.471. The third-order valence-electron chi connectivity index (χ3n) is 0.471. The fourth-order valence-electron chi connectivity index (χ4n) is 0.139. The van der Waals surface area contributed by atoms with E-state index in [1.807, 2.05) is 0 Å². The minimum absolute atomic E-state index is 0.0454. The van der Waals surface area contributed by atoms with Crippen LogP contribution in [-0.4, -0.2) is 18.1 Å². The van der Waals surface area contributed by atoms with Crippen molar-refractivity contribution in [3.8, 4) is 0 Å². The fraction of sp³-hybridized carbons (Fsp3) is 0.250. The molecule has 0 rings (SSSR count). The summed E-state index contributed by atoms with van der Waals surface area (Å²) in [6, 6.07) is 0. The first kappa shape index (κ1) is 6.81. The van der Waals surface area contributed by atoms with E-state index in [2.05, 4.69) is 5.32 Å². The van der Waals surface area contributed by atoms with E-state index in [1.165, 1.54) is 0 Å². The molecule has 0 spiro atoms. The summed E-state index contributed by atoms with van der Waals surface area (Å²) >= 11 is 0. The lowest BCUT2D eigenvalue weighted by molar-refractivity contribution is -0.138. The second-order valence-electron chi connectivity index (χ2n) is 1.10. The molecule has 0 atom stereocenters. The highest BCUT2D eigenvalue weighted by Crippen LogP contribution is 1.66. The van der Waals surface area contributed by atoms with E-state index in [0.717, 1.165) is 6.92 Å². The Balaban J connectivity index is 3.65. The van der Waals surface area contributed by atoms with Gasteiger partial charge < -0.3 is 0 Å². The Bertz CT molecular complexity index is 129. The number of hydrogen-bond donors (Lipinski definition) is 0. The molecule has 8 heavy (non-hydrogen) atoms. The van der Waals surface area contributed by atoms with Gasteiger partial charge in [-0.1, -0.05) is 0 Å². The Hall–Kier alpha value is -1.19. The summed E-state index contributed by atoms with van der Waals surface area (Å²) < 4.78 is 0. The Morgan fingerprint density at radius 3 is 2.12 bits per heavy atom. The van der Waals surface area contributed by atoms with E-state index in [-0.39, 0.29) is 6.41 Å². The Kier molecular flexibility index (Phi) is 2.47. The highest BCUT2D eigenvalue weighted by Gasteiger charge is 2.05. The first-order valence-corrected chi connectivity index (χ1v) is 1.88. The summed E-state index contributed by atoms with van der Waals surface area (Å²) in [5, 5.41) is 2.66. The Morgan fingerprint density at radius 1 is 1.50 bits per heavy atom. The van der Waals surface area contributed by atoms with Crippen LogP contribution >= 0.6 is 0 Å². The molecule has 4 nitrogen and oxygen atoms in total. The molecule has 0 unspecified atom stereocenters. The van der Waals surface area contributed by atoms with E-state index in [9.17, 15) is 14.4 Å². The van der Waals surface area contributed by atoms with Crippen molar-refractivity contribution in [2.45, 2.75) is 6.92 Å². The van der Waals surface area contributed by atoms with Crippen molar-refractivity contribution in [1.29, 1.82) is 0 Å². The predicted molar refractivity (Wildman–Crippen MR) is 23.9 cm³/mol. The third kappa shape index (κ3) is 2.07. The molecule has 0 fully saturated rings. The summed E-state index contributed by atoms with van der Waals surface area (Å²) in [6.07, 6.45) is 0.0454. The molecule has 0 N–H and O–H groups in total. The minimum atomic E-state index is -1.00. The molecular weight excluding hydrogens is 110 g/mol. The lowest BCUT2D eigenvalue weighted by atomic mass is 10.4. The maximum absolute atomic E-state index is 10.00. The van der Waals surface area contributed by atoms with Crippen LogP contribution in [0, 0.1) is 0 Å². The van der Waals surface area contributed by atoms with Crippen LogP contribution in [0.4, 0.5) is 0 Å². The van der Waals surface area contributed by atoms with Crippen molar-refractivity contribution in [1.82, 2.24) is 5.32 Å². The quantitative estimate of drug-likeness (QED) is 0.336. The first-order valence-electron chi connectivity index (χ1n) is 1.88. The zero-order chi connectivity index (χ0) is 6.57. The van der Waals surface area contributed by atoms with Gasteiger partial charge in [-0.25, -0.2) is 0 Å². The molecule has 0 heterocycles. The maximum Gasteiger partial charge on any atom is 0.315 e. The molecule has 0 bridgehead atoms. The van der Waals surface area contributed by atoms with Gasteiger partial charge in [0.25, 0.3) is 0 Å². The van der Waals surface area contributed by atoms with Crippen LogP contribution < -0.4 is 5.32 Å². The summed E-state index contributed by atoms with van der Waals surface area (Å²) in [5.74, 6) is -1.72. The smallest absolute Gasteiger partial charge is 0.289 e. The first-order chi connectivity index (χ1) is 3.68. The van der Waals surface area contributed by atoms with Crippen molar-refractivity contribution < 1.29 is 14.4 Å². The van der Waals surface area contributed by atoms with E-state index in [0.29, 0.717) is 0 Å². The van der Waals surface area contributed by atoms with Crippen LogP contribution in [0.2, 0.25) is 0 Å². The zero-order valence-corrected chi connectivity index (χ0v) is 4.25. The number of rotatable bonds is 2. The minimum Gasteiger partial charge on any atom is -0.289 e. The highest BCUT2D eigenvalue weighted by atomic mass is 16.2. The van der Waals surface area contributed by atoms with Gasteiger partial charge in [-0.3, -0.25) is 14.4 Å². The normalized spacial score (nSPS) is 7.62. The number of hydrogen-bond acceptors (Lipinski definition) is 3. The van der Waals surface area contributed by atoms with Crippen LogP contribution in [0.3, 0.4) is 0 Å². The molecule has 0 aliphatic carbocycles. The molecule has 0 aliphatic rings. The summed E-state index contributed by atoms with van der Waals surface area (Å²) in [5.41, 5.74) is 0. The SMILES string of the molecule is CC(=O)C(=O)[N]C=O. The van der Waals surface area contributed by atoms with Crippen molar-refractivity contribution in [2.75, 3.05) is 0 Å². The van der Waals surface area contributed by atoms with Crippen LogP contribution in [0.5, 0.6) is 0 Å². The van der Waals surface area contributed by atoms with Crippen molar-refractivity contribution in [3.05, 3.63) is 0 Å². The zero-order valence-electron chi connectivity index (χ0n) is 4.25. The van der Waals surface area contributed by atoms with E-state index >= 15 is 0 Å². The molecule has 0 saturated carbocycles. The van der Waals surface area contributed by atoms with Gasteiger partial charge in [-0.05, 0) is 0 Å². The topological polar surface area (TPSA) is 65.3 Å². The number of ketones is 1. The van der Waals surface area contributed by atoms with Crippen molar-refractivity contribution in [3.63, 3.8) is 0 Å².